The summed E-state index contributed by atoms with van der Waals surface area (Å²) >= 11 is 0. The zero-order valence-electron chi connectivity index (χ0n) is 14.7. The number of aryl methyl sites for hydroxylation is 2. The molecule has 4 nitrogen and oxygen atoms in total. The molecule has 0 amide bonds. The fourth-order valence-corrected chi connectivity index (χ4v) is 2.86. The number of Topliss-reactive ketones (excluding diaryl/α,β-unsaturated/α-hetero) is 1. The van der Waals surface area contributed by atoms with E-state index in [1.54, 1.807) is 0 Å². The summed E-state index contributed by atoms with van der Waals surface area (Å²) in [7, 11) is 4.02. The number of rotatable bonds is 5. The molecule has 3 rings (SSSR count). The zero-order valence-corrected chi connectivity index (χ0v) is 14.7. The molecule has 1 aromatic heterocycles. The lowest BCUT2D eigenvalue weighted by Crippen LogP contribution is -2.18. The minimum Gasteiger partial charge on any atom is -0.319 e. The van der Waals surface area contributed by atoms with Gasteiger partial charge < -0.3 is 9.47 Å². The Morgan fingerprint density at radius 3 is 2.54 bits per heavy atom. The summed E-state index contributed by atoms with van der Waals surface area (Å²) in [5.41, 5.74) is 5.04. The van der Waals surface area contributed by atoms with E-state index in [4.69, 9.17) is 4.98 Å². The molecule has 0 aliphatic carbocycles. The molecule has 2 aromatic carbocycles. The van der Waals surface area contributed by atoms with Gasteiger partial charge in [-0.2, -0.15) is 0 Å². The summed E-state index contributed by atoms with van der Waals surface area (Å²) in [4.78, 5) is 19.6. The van der Waals surface area contributed by atoms with Crippen molar-refractivity contribution in [1.29, 1.82) is 0 Å². The van der Waals surface area contributed by atoms with Gasteiger partial charge in [-0.25, -0.2) is 4.98 Å². The molecule has 1 heterocycles. The molecule has 0 saturated carbocycles. The number of aromatic nitrogens is 2. The molecule has 0 N–H and O–H groups in total. The van der Waals surface area contributed by atoms with Gasteiger partial charge in [-0.1, -0.05) is 24.3 Å². The van der Waals surface area contributed by atoms with Crippen LogP contribution in [-0.4, -0.2) is 34.3 Å². The van der Waals surface area contributed by atoms with Gasteiger partial charge in [0, 0.05) is 5.56 Å². The third-order valence-corrected chi connectivity index (χ3v) is 4.32. The van der Waals surface area contributed by atoms with E-state index in [1.165, 1.54) is 5.56 Å². The van der Waals surface area contributed by atoms with E-state index >= 15 is 0 Å². The highest BCUT2D eigenvalue weighted by molar-refractivity contribution is 5.97. The van der Waals surface area contributed by atoms with Crippen LogP contribution in [0.1, 0.15) is 27.3 Å². The predicted octanol–water partition coefficient (Wildman–Crippen LogP) is 3.60. The van der Waals surface area contributed by atoms with Gasteiger partial charge in [0.05, 0.1) is 24.1 Å². The van der Waals surface area contributed by atoms with Crippen molar-refractivity contribution in [3.8, 4) is 0 Å². The lowest BCUT2D eigenvalue weighted by Gasteiger charge is -2.13. The maximum atomic E-state index is 12.8. The summed E-state index contributed by atoms with van der Waals surface area (Å²) in [6, 6.07) is 13.9. The van der Waals surface area contributed by atoms with E-state index < -0.39 is 0 Å². The second kappa shape index (κ2) is 6.57. The average molecular weight is 321 g/mol. The zero-order chi connectivity index (χ0) is 17.3. The van der Waals surface area contributed by atoms with Gasteiger partial charge in [0.25, 0.3) is 0 Å². The average Bonchev–Trinajstić information content (AvgIpc) is 2.87. The third kappa shape index (κ3) is 3.24. The van der Waals surface area contributed by atoms with Crippen LogP contribution in [-0.2, 0) is 13.1 Å². The van der Waals surface area contributed by atoms with Gasteiger partial charge in [-0.15, -0.1) is 0 Å². The molecule has 0 unspecified atom stereocenters. The molecule has 0 aliphatic rings. The van der Waals surface area contributed by atoms with Gasteiger partial charge in [-0.3, -0.25) is 4.79 Å². The van der Waals surface area contributed by atoms with Crippen LogP contribution in [0.5, 0.6) is 0 Å². The Morgan fingerprint density at radius 2 is 1.83 bits per heavy atom. The number of carbonyl (C=O) groups excluding carboxylic acids is 1. The monoisotopic (exact) mass is 321 g/mol. The van der Waals surface area contributed by atoms with Gasteiger partial charge in [0.15, 0.2) is 5.78 Å². The number of benzene rings is 2. The molecule has 0 aliphatic heterocycles. The molecule has 0 atom stereocenters. The lowest BCUT2D eigenvalue weighted by atomic mass is 10.0. The second-order valence-corrected chi connectivity index (χ2v) is 6.56. The number of carbonyl (C=O) groups is 1. The standard InChI is InChI=1S/C20H23N3O/c1-14-9-10-16(11-15(14)2)19(24)12-23-18-8-6-5-7-17(18)21-20(23)13-22(3)4/h5-11H,12-13H2,1-4H3. The van der Waals surface area contributed by atoms with E-state index in [0.717, 1.165) is 28.0 Å². The van der Waals surface area contributed by atoms with Crippen molar-refractivity contribution in [3.63, 3.8) is 0 Å². The Labute approximate surface area is 142 Å². The highest BCUT2D eigenvalue weighted by Gasteiger charge is 2.15. The van der Waals surface area contributed by atoms with Crippen molar-refractivity contribution >= 4 is 16.8 Å². The first-order valence-electron chi connectivity index (χ1n) is 8.15. The Bertz CT molecular complexity index is 893. The molecule has 0 spiro atoms. The quantitative estimate of drug-likeness (QED) is 0.674. The molecule has 3 aromatic rings. The Hall–Kier alpha value is -2.46. The van der Waals surface area contributed by atoms with Crippen LogP contribution in [0.4, 0.5) is 0 Å². The maximum Gasteiger partial charge on any atom is 0.182 e. The minimum absolute atomic E-state index is 0.112. The molecule has 0 bridgehead atoms. The van der Waals surface area contributed by atoms with Crippen molar-refractivity contribution in [2.75, 3.05) is 14.1 Å². The summed E-state index contributed by atoms with van der Waals surface area (Å²) in [5, 5.41) is 0. The van der Waals surface area contributed by atoms with Crippen molar-refractivity contribution in [2.45, 2.75) is 26.9 Å². The molecular formula is C20H23N3O. The van der Waals surface area contributed by atoms with Crippen LogP contribution in [0.3, 0.4) is 0 Å². The topological polar surface area (TPSA) is 38.1 Å². The summed E-state index contributed by atoms with van der Waals surface area (Å²) in [6.45, 7) is 5.11. The summed E-state index contributed by atoms with van der Waals surface area (Å²) in [6.07, 6.45) is 0. The Kier molecular flexibility index (Phi) is 4.49. The highest BCUT2D eigenvalue weighted by Crippen LogP contribution is 2.18. The molecule has 0 radical (unpaired) electrons. The van der Waals surface area contributed by atoms with E-state index in [1.807, 2.05) is 68.1 Å². The fourth-order valence-electron chi connectivity index (χ4n) is 2.86. The Morgan fingerprint density at radius 1 is 1.08 bits per heavy atom. The molecule has 24 heavy (non-hydrogen) atoms. The summed E-state index contributed by atoms with van der Waals surface area (Å²) in [5.74, 6) is 1.03. The highest BCUT2D eigenvalue weighted by atomic mass is 16.1. The molecule has 0 fully saturated rings. The first-order valence-corrected chi connectivity index (χ1v) is 8.15. The normalized spacial score (nSPS) is 11.4. The van der Waals surface area contributed by atoms with Crippen LogP contribution in [0.2, 0.25) is 0 Å². The molecular weight excluding hydrogens is 298 g/mol. The first-order chi connectivity index (χ1) is 11.5. The van der Waals surface area contributed by atoms with Crippen LogP contribution in [0, 0.1) is 13.8 Å². The maximum absolute atomic E-state index is 12.8. The van der Waals surface area contributed by atoms with Crippen molar-refractivity contribution in [1.82, 2.24) is 14.5 Å². The van der Waals surface area contributed by atoms with E-state index in [2.05, 4.69) is 11.8 Å². The van der Waals surface area contributed by atoms with E-state index in [-0.39, 0.29) is 5.78 Å². The SMILES string of the molecule is Cc1ccc(C(=O)Cn2c(CN(C)C)nc3ccccc32)cc1C. The number of imidazole rings is 1. The second-order valence-electron chi connectivity index (χ2n) is 6.56. The number of para-hydroxylation sites is 2. The predicted molar refractivity (Wildman–Crippen MR) is 97.4 cm³/mol. The number of fused-ring (bicyclic) bond motifs is 1. The molecule has 124 valence electrons. The van der Waals surface area contributed by atoms with Gasteiger partial charge in [0.2, 0.25) is 0 Å². The van der Waals surface area contributed by atoms with Crippen molar-refractivity contribution in [3.05, 3.63) is 65.0 Å². The minimum atomic E-state index is 0.112. The molecule has 4 heteroatoms. The third-order valence-electron chi connectivity index (χ3n) is 4.32. The van der Waals surface area contributed by atoms with E-state index in [0.29, 0.717) is 13.1 Å². The Balaban J connectivity index is 1.98. The van der Waals surface area contributed by atoms with Crippen LogP contribution >= 0.6 is 0 Å². The van der Waals surface area contributed by atoms with Crippen LogP contribution in [0.15, 0.2) is 42.5 Å². The summed E-state index contributed by atoms with van der Waals surface area (Å²) < 4.78 is 2.03. The van der Waals surface area contributed by atoms with Gasteiger partial charge in [0.1, 0.15) is 5.82 Å². The van der Waals surface area contributed by atoms with Crippen LogP contribution < -0.4 is 0 Å². The number of nitrogens with zero attached hydrogens (tertiary/aromatic N) is 3. The number of hydrogen-bond acceptors (Lipinski definition) is 3. The smallest absolute Gasteiger partial charge is 0.182 e. The first kappa shape index (κ1) is 16.4. The number of ketones is 1. The van der Waals surface area contributed by atoms with Gasteiger partial charge in [-0.05, 0) is 57.3 Å². The van der Waals surface area contributed by atoms with Crippen molar-refractivity contribution in [2.24, 2.45) is 0 Å². The van der Waals surface area contributed by atoms with E-state index in [9.17, 15) is 4.79 Å². The van der Waals surface area contributed by atoms with Crippen molar-refractivity contribution < 1.29 is 4.79 Å². The number of hydrogen-bond donors (Lipinski definition) is 0. The molecule has 0 saturated heterocycles. The lowest BCUT2D eigenvalue weighted by molar-refractivity contribution is 0.0971. The largest absolute Gasteiger partial charge is 0.319 e. The van der Waals surface area contributed by atoms with Crippen LogP contribution in [0.25, 0.3) is 11.0 Å². The van der Waals surface area contributed by atoms with Gasteiger partial charge >= 0.3 is 0 Å². The fraction of sp³-hybridized carbons (Fsp3) is 0.300.